The second kappa shape index (κ2) is 11.7. The van der Waals surface area contributed by atoms with Gasteiger partial charge >= 0.3 is 0 Å². The van der Waals surface area contributed by atoms with Crippen LogP contribution in [0.1, 0.15) is 0 Å². The maximum atomic E-state index is 6.27. The van der Waals surface area contributed by atoms with Crippen LogP contribution in [0.25, 0.3) is 110 Å². The number of fused-ring (bicyclic) bond motifs is 9. The summed E-state index contributed by atoms with van der Waals surface area (Å²) in [5.41, 5.74) is 6.86. The molecular formula is C49H29N3O. The fourth-order valence-electron chi connectivity index (χ4n) is 8.04. The van der Waals surface area contributed by atoms with Gasteiger partial charge in [-0.25, -0.2) is 15.0 Å². The van der Waals surface area contributed by atoms with Crippen molar-refractivity contribution in [1.29, 1.82) is 0 Å². The smallest absolute Gasteiger partial charge is 0.164 e. The Morgan fingerprint density at radius 2 is 0.868 bits per heavy atom. The van der Waals surface area contributed by atoms with E-state index in [4.69, 9.17) is 19.4 Å². The summed E-state index contributed by atoms with van der Waals surface area (Å²) in [6, 6.07) is 61.6. The summed E-state index contributed by atoms with van der Waals surface area (Å²) in [4.78, 5) is 15.5. The molecule has 9 aromatic carbocycles. The molecule has 0 N–H and O–H groups in total. The summed E-state index contributed by atoms with van der Waals surface area (Å²) >= 11 is 0. The van der Waals surface area contributed by atoms with Crippen LogP contribution in [-0.2, 0) is 0 Å². The van der Waals surface area contributed by atoms with Gasteiger partial charge in [0.05, 0.1) is 0 Å². The fraction of sp³-hybridized carbons (Fsp3) is 0. The first kappa shape index (κ1) is 29.5. The van der Waals surface area contributed by atoms with E-state index in [1.165, 1.54) is 32.3 Å². The number of hydrogen-bond acceptors (Lipinski definition) is 4. The van der Waals surface area contributed by atoms with E-state index in [9.17, 15) is 0 Å². The number of rotatable bonds is 4. The van der Waals surface area contributed by atoms with Crippen molar-refractivity contribution in [3.63, 3.8) is 0 Å². The third-order valence-corrected chi connectivity index (χ3v) is 10.5. The molecule has 2 aromatic heterocycles. The van der Waals surface area contributed by atoms with Crippen LogP contribution in [0, 0.1) is 0 Å². The van der Waals surface area contributed by atoms with E-state index in [0.717, 1.165) is 60.5 Å². The highest BCUT2D eigenvalue weighted by molar-refractivity contribution is 6.18. The first-order chi connectivity index (χ1) is 26.3. The van der Waals surface area contributed by atoms with Gasteiger partial charge in [-0.2, -0.15) is 0 Å². The molecule has 0 bridgehead atoms. The number of nitrogens with zero attached hydrogens (tertiary/aromatic N) is 3. The predicted molar refractivity (Wildman–Crippen MR) is 219 cm³/mol. The summed E-state index contributed by atoms with van der Waals surface area (Å²) in [6.07, 6.45) is 0. The Balaban J connectivity index is 1.13. The molecule has 0 atom stereocenters. The predicted octanol–water partition coefficient (Wildman–Crippen LogP) is 13.1. The summed E-state index contributed by atoms with van der Waals surface area (Å²) < 4.78 is 6.27. The molecule has 0 spiro atoms. The Hall–Kier alpha value is -7.17. The highest BCUT2D eigenvalue weighted by Gasteiger charge is 2.18. The number of furan rings is 1. The first-order valence-electron chi connectivity index (χ1n) is 17.9. The van der Waals surface area contributed by atoms with Crippen molar-refractivity contribution in [3.05, 3.63) is 176 Å². The maximum absolute atomic E-state index is 6.27. The van der Waals surface area contributed by atoms with Gasteiger partial charge in [0.1, 0.15) is 11.2 Å². The van der Waals surface area contributed by atoms with Crippen molar-refractivity contribution >= 4 is 65.0 Å². The molecule has 246 valence electrons. The van der Waals surface area contributed by atoms with E-state index in [1.807, 2.05) is 36.4 Å². The molecule has 11 aromatic rings. The van der Waals surface area contributed by atoms with Crippen molar-refractivity contribution in [2.24, 2.45) is 0 Å². The average Bonchev–Trinajstić information content (AvgIpc) is 3.62. The van der Waals surface area contributed by atoms with Crippen LogP contribution in [0.15, 0.2) is 180 Å². The summed E-state index contributed by atoms with van der Waals surface area (Å²) in [6.45, 7) is 0. The lowest BCUT2D eigenvalue weighted by atomic mass is 9.93. The zero-order valence-electron chi connectivity index (χ0n) is 28.5. The standard InChI is InChI=1S/C49H29N3O/c1-2-12-32(13-3-1)47-50-48(33-24-23-31-26-27-38-34-14-5-4-11-30(34)25-28-39(38)43(31)29-33)52-49(51-47)41-20-9-16-35-36(17-8-18-37(35)41)40-19-10-22-45-46(40)42-15-6-7-21-44(42)53-45/h1-29H. The van der Waals surface area contributed by atoms with Crippen LogP contribution in [0.4, 0.5) is 0 Å². The lowest BCUT2D eigenvalue weighted by Gasteiger charge is -2.13. The normalized spacial score (nSPS) is 11.8. The average molecular weight is 676 g/mol. The molecule has 2 heterocycles. The number of aromatic nitrogens is 3. The van der Waals surface area contributed by atoms with Crippen LogP contribution in [-0.4, -0.2) is 15.0 Å². The largest absolute Gasteiger partial charge is 0.456 e. The second-order valence-electron chi connectivity index (χ2n) is 13.5. The van der Waals surface area contributed by atoms with Gasteiger partial charge in [0.15, 0.2) is 17.5 Å². The Morgan fingerprint density at radius 3 is 1.72 bits per heavy atom. The van der Waals surface area contributed by atoms with Crippen LogP contribution in [0.2, 0.25) is 0 Å². The zero-order chi connectivity index (χ0) is 34.9. The Bertz CT molecular complexity index is 3240. The van der Waals surface area contributed by atoms with E-state index in [0.29, 0.717) is 17.5 Å². The number of para-hydroxylation sites is 1. The molecule has 0 radical (unpaired) electrons. The van der Waals surface area contributed by atoms with Crippen LogP contribution < -0.4 is 0 Å². The van der Waals surface area contributed by atoms with E-state index < -0.39 is 0 Å². The monoisotopic (exact) mass is 675 g/mol. The zero-order valence-corrected chi connectivity index (χ0v) is 28.5. The first-order valence-corrected chi connectivity index (χ1v) is 17.9. The van der Waals surface area contributed by atoms with Crippen molar-refractivity contribution in [1.82, 2.24) is 15.0 Å². The van der Waals surface area contributed by atoms with Crippen molar-refractivity contribution in [2.75, 3.05) is 0 Å². The van der Waals surface area contributed by atoms with Crippen LogP contribution >= 0.6 is 0 Å². The van der Waals surface area contributed by atoms with Gasteiger partial charge in [-0.3, -0.25) is 0 Å². The van der Waals surface area contributed by atoms with Gasteiger partial charge in [0, 0.05) is 27.5 Å². The Labute approximate surface area is 304 Å². The third-order valence-electron chi connectivity index (χ3n) is 10.5. The van der Waals surface area contributed by atoms with E-state index in [-0.39, 0.29) is 0 Å². The summed E-state index contributed by atoms with van der Waals surface area (Å²) in [7, 11) is 0. The molecule has 4 nitrogen and oxygen atoms in total. The van der Waals surface area contributed by atoms with Gasteiger partial charge in [0.25, 0.3) is 0 Å². The molecule has 11 rings (SSSR count). The highest BCUT2D eigenvalue weighted by atomic mass is 16.3. The highest BCUT2D eigenvalue weighted by Crippen LogP contribution is 2.41. The minimum absolute atomic E-state index is 0.632. The summed E-state index contributed by atoms with van der Waals surface area (Å²) in [5.74, 6) is 1.90. The molecule has 0 unspecified atom stereocenters. The molecular weight excluding hydrogens is 647 g/mol. The van der Waals surface area contributed by atoms with Crippen molar-refractivity contribution < 1.29 is 4.42 Å². The molecule has 4 heteroatoms. The third kappa shape index (κ3) is 4.73. The molecule has 0 saturated carbocycles. The van der Waals surface area contributed by atoms with Gasteiger partial charge in [-0.05, 0) is 72.4 Å². The Morgan fingerprint density at radius 1 is 0.302 bits per heavy atom. The fourth-order valence-corrected chi connectivity index (χ4v) is 8.04. The molecule has 0 fully saturated rings. The molecule has 0 aliphatic rings. The molecule has 0 saturated heterocycles. The van der Waals surface area contributed by atoms with Gasteiger partial charge < -0.3 is 4.42 Å². The number of hydrogen-bond donors (Lipinski definition) is 0. The Kier molecular flexibility index (Phi) is 6.52. The minimum Gasteiger partial charge on any atom is -0.456 e. The molecule has 0 aliphatic heterocycles. The van der Waals surface area contributed by atoms with E-state index in [2.05, 4.69) is 140 Å². The second-order valence-corrected chi connectivity index (χ2v) is 13.5. The van der Waals surface area contributed by atoms with E-state index in [1.54, 1.807) is 0 Å². The maximum Gasteiger partial charge on any atom is 0.164 e. The van der Waals surface area contributed by atoms with Gasteiger partial charge in [-0.15, -0.1) is 0 Å². The topological polar surface area (TPSA) is 51.8 Å². The van der Waals surface area contributed by atoms with Gasteiger partial charge in [-0.1, -0.05) is 158 Å². The quantitative estimate of drug-likeness (QED) is 0.174. The minimum atomic E-state index is 0.632. The lowest BCUT2D eigenvalue weighted by Crippen LogP contribution is -2.00. The molecule has 53 heavy (non-hydrogen) atoms. The van der Waals surface area contributed by atoms with Gasteiger partial charge in [0.2, 0.25) is 0 Å². The lowest BCUT2D eigenvalue weighted by molar-refractivity contribution is 0.669. The molecule has 0 aliphatic carbocycles. The van der Waals surface area contributed by atoms with Crippen LogP contribution in [0.3, 0.4) is 0 Å². The summed E-state index contributed by atoms with van der Waals surface area (Å²) in [5, 5.41) is 11.7. The SMILES string of the molecule is c1ccc(-c2nc(-c3ccc4ccc5c6ccccc6ccc5c4c3)nc(-c3cccc4c(-c5cccc6oc7ccccc7c56)cccc34)n2)cc1. The van der Waals surface area contributed by atoms with Crippen molar-refractivity contribution in [3.8, 4) is 45.3 Å². The van der Waals surface area contributed by atoms with Crippen LogP contribution in [0.5, 0.6) is 0 Å². The van der Waals surface area contributed by atoms with Crippen molar-refractivity contribution in [2.45, 2.75) is 0 Å². The van der Waals surface area contributed by atoms with E-state index >= 15 is 0 Å². The number of benzene rings is 9. The molecule has 0 amide bonds.